The fourth-order valence-electron chi connectivity index (χ4n) is 3.20. The number of aromatic carboxylic acids is 1. The van der Waals surface area contributed by atoms with Gasteiger partial charge in [0.05, 0.1) is 22.9 Å². The van der Waals surface area contributed by atoms with Gasteiger partial charge in [0.25, 0.3) is 0 Å². The van der Waals surface area contributed by atoms with Crippen molar-refractivity contribution in [3.05, 3.63) is 30.1 Å². The topological polar surface area (TPSA) is 120 Å². The highest BCUT2D eigenvalue weighted by Gasteiger charge is 2.21. The maximum atomic E-state index is 13.6. The number of hydrogen-bond acceptors (Lipinski definition) is 7. The lowest BCUT2D eigenvalue weighted by Crippen LogP contribution is -2.29. The van der Waals surface area contributed by atoms with E-state index in [1.807, 2.05) is 0 Å². The van der Waals surface area contributed by atoms with Crippen LogP contribution in [-0.4, -0.2) is 56.0 Å². The molecule has 1 atom stereocenters. The Morgan fingerprint density at radius 1 is 1.24 bits per heavy atom. The fourth-order valence-corrected chi connectivity index (χ4v) is 3.20. The monoisotopic (exact) mass is 403 g/mol. The van der Waals surface area contributed by atoms with E-state index in [0.29, 0.717) is 29.4 Å². The molecule has 4 N–H and O–H groups in total. The average Bonchev–Trinajstić information content (AvgIpc) is 2.74. The molecule has 1 aliphatic rings. The van der Waals surface area contributed by atoms with Crippen molar-refractivity contribution in [1.82, 2.24) is 15.0 Å². The number of carbonyl (C=O) groups is 1. The number of hydrogen-bond donors (Lipinski definition) is 4. The van der Waals surface area contributed by atoms with Gasteiger partial charge in [-0.1, -0.05) is 6.92 Å². The molecule has 3 rings (SSSR count). The molecule has 9 heteroatoms. The summed E-state index contributed by atoms with van der Waals surface area (Å²) in [5.41, 5.74) is 1.26. The maximum Gasteiger partial charge on any atom is 0.337 e. The molecule has 2 aromatic rings. The quantitative estimate of drug-likeness (QED) is 0.531. The molecular formula is C20H26FN5O3. The minimum atomic E-state index is -1.05. The van der Waals surface area contributed by atoms with Gasteiger partial charge in [0.2, 0.25) is 5.95 Å². The highest BCUT2D eigenvalue weighted by molar-refractivity contribution is 5.87. The number of pyridine rings is 1. The van der Waals surface area contributed by atoms with Crippen molar-refractivity contribution in [2.24, 2.45) is 0 Å². The Hall–Kier alpha value is -2.81. The summed E-state index contributed by atoms with van der Waals surface area (Å²) in [5, 5.41) is 25.1. The number of aliphatic hydroxyl groups excluding tert-OH is 1. The molecule has 1 unspecified atom stereocenters. The van der Waals surface area contributed by atoms with Crippen LogP contribution in [0.15, 0.2) is 24.5 Å². The van der Waals surface area contributed by atoms with E-state index in [2.05, 4.69) is 25.6 Å². The van der Waals surface area contributed by atoms with Crippen LogP contribution in [-0.2, 0) is 0 Å². The minimum absolute atomic E-state index is 0.0947. The number of nitrogens with one attached hydrogen (secondary N) is 2. The third-order valence-corrected chi connectivity index (χ3v) is 5.04. The van der Waals surface area contributed by atoms with Crippen molar-refractivity contribution < 1.29 is 19.4 Å². The smallest absolute Gasteiger partial charge is 0.337 e. The Kier molecular flexibility index (Phi) is 6.92. The van der Waals surface area contributed by atoms with Crippen LogP contribution in [0.3, 0.4) is 0 Å². The standard InChI is InChI=1S/C20H26FN5O3/c1-2-13(21)10-23-20-24-11-16(17-8-3-12(9-22-17)19(28)29)18(26-20)25-14-4-6-15(27)7-5-14/h3,8-9,11,13-15,27H,2,4-7,10H2,1H3,(H,28,29)(H2,23,24,25,26). The predicted molar refractivity (Wildman–Crippen MR) is 108 cm³/mol. The summed E-state index contributed by atoms with van der Waals surface area (Å²) in [5.74, 6) is -0.188. The highest BCUT2D eigenvalue weighted by Crippen LogP contribution is 2.29. The SMILES string of the molecule is CCC(F)CNc1ncc(-c2ccc(C(=O)O)cn2)c(NC2CCC(O)CC2)n1. The molecule has 156 valence electrons. The summed E-state index contributed by atoms with van der Waals surface area (Å²) in [6, 6.07) is 3.23. The van der Waals surface area contributed by atoms with Crippen LogP contribution in [0.5, 0.6) is 0 Å². The summed E-state index contributed by atoms with van der Waals surface area (Å²) in [6.07, 6.45) is 5.08. The second kappa shape index (κ2) is 9.60. The van der Waals surface area contributed by atoms with Crippen LogP contribution in [0.2, 0.25) is 0 Å². The Balaban J connectivity index is 1.85. The van der Waals surface area contributed by atoms with Gasteiger partial charge in [-0.25, -0.2) is 14.2 Å². The maximum absolute atomic E-state index is 13.6. The molecule has 2 aromatic heterocycles. The highest BCUT2D eigenvalue weighted by atomic mass is 19.1. The van der Waals surface area contributed by atoms with E-state index in [1.54, 1.807) is 19.2 Å². The predicted octanol–water partition coefficient (Wildman–Crippen LogP) is 3.11. The van der Waals surface area contributed by atoms with E-state index < -0.39 is 12.1 Å². The van der Waals surface area contributed by atoms with Crippen LogP contribution in [0.25, 0.3) is 11.3 Å². The zero-order valence-corrected chi connectivity index (χ0v) is 16.3. The van der Waals surface area contributed by atoms with Gasteiger partial charge in [-0.2, -0.15) is 4.98 Å². The lowest BCUT2D eigenvalue weighted by atomic mass is 9.93. The molecule has 0 radical (unpaired) electrons. The minimum Gasteiger partial charge on any atom is -0.478 e. The lowest BCUT2D eigenvalue weighted by molar-refractivity contribution is 0.0696. The molecule has 0 bridgehead atoms. The van der Waals surface area contributed by atoms with Crippen LogP contribution < -0.4 is 10.6 Å². The van der Waals surface area contributed by atoms with E-state index >= 15 is 0 Å². The molecule has 0 amide bonds. The zero-order valence-electron chi connectivity index (χ0n) is 16.3. The summed E-state index contributed by atoms with van der Waals surface area (Å²) < 4.78 is 13.6. The van der Waals surface area contributed by atoms with E-state index in [1.165, 1.54) is 12.3 Å². The molecule has 1 fully saturated rings. The fraction of sp³-hybridized carbons (Fsp3) is 0.500. The molecule has 1 aliphatic carbocycles. The van der Waals surface area contributed by atoms with Crippen LogP contribution in [0, 0.1) is 0 Å². The summed E-state index contributed by atoms with van der Waals surface area (Å²) in [4.78, 5) is 24.1. The van der Waals surface area contributed by atoms with Crippen molar-refractivity contribution >= 4 is 17.7 Å². The van der Waals surface area contributed by atoms with Crippen LogP contribution in [0.1, 0.15) is 49.4 Å². The average molecular weight is 403 g/mol. The second-order valence-electron chi connectivity index (χ2n) is 7.23. The van der Waals surface area contributed by atoms with Crippen molar-refractivity contribution in [2.75, 3.05) is 17.2 Å². The van der Waals surface area contributed by atoms with E-state index in [9.17, 15) is 14.3 Å². The third kappa shape index (κ3) is 5.60. The first-order valence-electron chi connectivity index (χ1n) is 9.85. The molecular weight excluding hydrogens is 377 g/mol. The van der Waals surface area contributed by atoms with Gasteiger partial charge in [-0.3, -0.25) is 4.98 Å². The zero-order chi connectivity index (χ0) is 20.8. The molecule has 0 aromatic carbocycles. The van der Waals surface area contributed by atoms with Gasteiger partial charge in [0, 0.05) is 25.0 Å². The van der Waals surface area contributed by atoms with Gasteiger partial charge in [0.15, 0.2) is 0 Å². The Bertz CT molecular complexity index is 825. The normalized spacial score (nSPS) is 20.1. The third-order valence-electron chi connectivity index (χ3n) is 5.04. The van der Waals surface area contributed by atoms with Gasteiger partial charge >= 0.3 is 5.97 Å². The van der Waals surface area contributed by atoms with Gasteiger partial charge in [-0.05, 0) is 44.2 Å². The summed E-state index contributed by atoms with van der Waals surface area (Å²) in [7, 11) is 0. The summed E-state index contributed by atoms with van der Waals surface area (Å²) >= 11 is 0. The number of anilines is 2. The Labute approximate surface area is 168 Å². The molecule has 29 heavy (non-hydrogen) atoms. The van der Waals surface area contributed by atoms with Crippen molar-refractivity contribution in [1.29, 1.82) is 0 Å². The summed E-state index contributed by atoms with van der Waals surface area (Å²) in [6.45, 7) is 1.89. The molecule has 8 nitrogen and oxygen atoms in total. The number of rotatable bonds is 8. The molecule has 1 saturated carbocycles. The number of carboxylic acid groups (broad SMARTS) is 1. The Morgan fingerprint density at radius 2 is 2.00 bits per heavy atom. The van der Waals surface area contributed by atoms with Gasteiger partial charge in [0.1, 0.15) is 12.0 Å². The number of alkyl halides is 1. The number of aliphatic hydroxyl groups is 1. The Morgan fingerprint density at radius 3 is 2.62 bits per heavy atom. The van der Waals surface area contributed by atoms with Crippen molar-refractivity contribution in [3.63, 3.8) is 0 Å². The van der Waals surface area contributed by atoms with Crippen molar-refractivity contribution in [3.8, 4) is 11.3 Å². The van der Waals surface area contributed by atoms with Gasteiger partial charge in [-0.15, -0.1) is 0 Å². The number of halogens is 1. The van der Waals surface area contributed by atoms with Crippen LogP contribution in [0.4, 0.5) is 16.2 Å². The van der Waals surface area contributed by atoms with Gasteiger partial charge < -0.3 is 20.8 Å². The number of aromatic nitrogens is 3. The lowest BCUT2D eigenvalue weighted by Gasteiger charge is -2.27. The first-order chi connectivity index (χ1) is 14.0. The molecule has 0 spiro atoms. The molecule has 2 heterocycles. The van der Waals surface area contributed by atoms with E-state index in [-0.39, 0.29) is 24.3 Å². The van der Waals surface area contributed by atoms with Crippen molar-refractivity contribution in [2.45, 2.75) is 57.3 Å². The first kappa shape index (κ1) is 20.9. The first-order valence-corrected chi connectivity index (χ1v) is 9.85. The van der Waals surface area contributed by atoms with E-state index in [0.717, 1.165) is 25.7 Å². The van der Waals surface area contributed by atoms with E-state index in [4.69, 9.17) is 5.11 Å². The number of nitrogens with zero attached hydrogens (tertiary/aromatic N) is 3. The number of carboxylic acids is 1. The molecule has 0 aliphatic heterocycles. The second-order valence-corrected chi connectivity index (χ2v) is 7.23. The van der Waals surface area contributed by atoms with Crippen LogP contribution >= 0.6 is 0 Å². The largest absolute Gasteiger partial charge is 0.478 e. The molecule has 0 saturated heterocycles.